The van der Waals surface area contributed by atoms with Gasteiger partial charge in [0.1, 0.15) is 6.61 Å². The summed E-state index contributed by atoms with van der Waals surface area (Å²) in [5.41, 5.74) is 5.82. The summed E-state index contributed by atoms with van der Waals surface area (Å²) in [7, 11) is 3.64. The van der Waals surface area contributed by atoms with Crippen LogP contribution in [0.1, 0.15) is 29.4 Å². The van der Waals surface area contributed by atoms with Crippen LogP contribution in [0.15, 0.2) is 30.4 Å². The van der Waals surface area contributed by atoms with E-state index in [2.05, 4.69) is 36.9 Å². The molecule has 1 heterocycles. The number of rotatable bonds is 9. The quantitative estimate of drug-likeness (QED) is 0.560. The number of aromatic nitrogens is 2. The van der Waals surface area contributed by atoms with Crippen molar-refractivity contribution in [3.8, 4) is 11.5 Å². The molecule has 0 aliphatic rings. The van der Waals surface area contributed by atoms with Crippen molar-refractivity contribution in [2.45, 2.75) is 33.7 Å². The predicted octanol–water partition coefficient (Wildman–Crippen LogP) is 3.33. The van der Waals surface area contributed by atoms with Gasteiger partial charge in [0, 0.05) is 19.3 Å². The van der Waals surface area contributed by atoms with Crippen LogP contribution >= 0.6 is 0 Å². The highest BCUT2D eigenvalue weighted by Gasteiger charge is 2.09. The number of methoxy groups -OCH3 is 1. The van der Waals surface area contributed by atoms with Crippen LogP contribution in [0.2, 0.25) is 0 Å². The van der Waals surface area contributed by atoms with Crippen molar-refractivity contribution in [3.05, 3.63) is 52.9 Å². The maximum absolute atomic E-state index is 5.78. The molecule has 136 valence electrons. The Kier molecular flexibility index (Phi) is 6.65. The highest BCUT2D eigenvalue weighted by atomic mass is 16.5. The number of nitrogens with one attached hydrogen (secondary N) is 1. The van der Waals surface area contributed by atoms with Gasteiger partial charge in [-0.25, -0.2) is 0 Å². The van der Waals surface area contributed by atoms with Crippen molar-refractivity contribution in [2.75, 3.05) is 20.3 Å². The summed E-state index contributed by atoms with van der Waals surface area (Å²) in [6.45, 7) is 12.2. The van der Waals surface area contributed by atoms with Crippen LogP contribution in [0, 0.1) is 13.8 Å². The summed E-state index contributed by atoms with van der Waals surface area (Å²) in [5.74, 6) is 1.50. The largest absolute Gasteiger partial charge is 0.493 e. The maximum atomic E-state index is 5.78. The van der Waals surface area contributed by atoms with Crippen molar-refractivity contribution < 1.29 is 9.47 Å². The maximum Gasteiger partial charge on any atom is 0.161 e. The molecule has 0 aliphatic carbocycles. The predicted molar refractivity (Wildman–Crippen MR) is 101 cm³/mol. The third-order valence-corrected chi connectivity index (χ3v) is 4.24. The van der Waals surface area contributed by atoms with Crippen LogP contribution in [-0.4, -0.2) is 30.0 Å². The fraction of sp³-hybridized carbons (Fsp3) is 0.450. The van der Waals surface area contributed by atoms with Gasteiger partial charge in [0.15, 0.2) is 11.5 Å². The lowest BCUT2D eigenvalue weighted by Gasteiger charge is -2.13. The number of nitrogens with zero attached hydrogens (tertiary/aromatic N) is 2. The van der Waals surface area contributed by atoms with E-state index in [4.69, 9.17) is 9.47 Å². The average Bonchev–Trinajstić information content (AvgIpc) is 2.82. The Hall–Kier alpha value is -2.27. The van der Waals surface area contributed by atoms with Gasteiger partial charge in [-0.3, -0.25) is 4.68 Å². The molecular formula is C20H29N3O2. The summed E-state index contributed by atoms with van der Waals surface area (Å²) in [6.07, 6.45) is 0.973. The van der Waals surface area contributed by atoms with E-state index in [0.29, 0.717) is 6.61 Å². The third-order valence-electron chi connectivity index (χ3n) is 4.24. The van der Waals surface area contributed by atoms with E-state index in [1.807, 2.05) is 30.8 Å². The summed E-state index contributed by atoms with van der Waals surface area (Å²) >= 11 is 0. The molecule has 0 saturated carbocycles. The van der Waals surface area contributed by atoms with E-state index in [1.165, 1.54) is 11.3 Å². The molecule has 0 fully saturated rings. The fourth-order valence-corrected chi connectivity index (χ4v) is 2.77. The van der Waals surface area contributed by atoms with E-state index in [0.717, 1.165) is 47.8 Å². The zero-order valence-corrected chi connectivity index (χ0v) is 16.0. The van der Waals surface area contributed by atoms with Crippen molar-refractivity contribution in [3.63, 3.8) is 0 Å². The Morgan fingerprint density at radius 2 is 2.04 bits per heavy atom. The van der Waals surface area contributed by atoms with Gasteiger partial charge in [-0.2, -0.15) is 5.10 Å². The van der Waals surface area contributed by atoms with Gasteiger partial charge in [-0.05, 0) is 62.6 Å². The summed E-state index contributed by atoms with van der Waals surface area (Å²) in [6, 6.07) is 6.02. The standard InChI is InChI=1S/C20H29N3O2/c1-14(2)13-25-20-11-17(7-8-19(20)24-6)12-21-10-9-18-15(3)22-23(5)16(18)4/h7-8,11,21H,1,9-10,12-13H2,2-6H3. The van der Waals surface area contributed by atoms with Crippen molar-refractivity contribution in [1.82, 2.24) is 15.1 Å². The minimum absolute atomic E-state index is 0.493. The molecule has 1 aromatic heterocycles. The zero-order chi connectivity index (χ0) is 18.4. The fourth-order valence-electron chi connectivity index (χ4n) is 2.77. The lowest BCUT2D eigenvalue weighted by molar-refractivity contribution is 0.319. The SMILES string of the molecule is C=C(C)COc1cc(CNCCc2c(C)nn(C)c2C)ccc1OC. The molecule has 0 spiro atoms. The van der Waals surface area contributed by atoms with Gasteiger partial charge in [-0.1, -0.05) is 12.6 Å². The normalized spacial score (nSPS) is 10.8. The van der Waals surface area contributed by atoms with Gasteiger partial charge in [0.05, 0.1) is 12.8 Å². The molecule has 1 N–H and O–H groups in total. The van der Waals surface area contributed by atoms with Gasteiger partial charge in [-0.15, -0.1) is 0 Å². The Morgan fingerprint density at radius 1 is 1.28 bits per heavy atom. The molecule has 0 bridgehead atoms. The summed E-state index contributed by atoms with van der Waals surface area (Å²) in [5, 5.41) is 7.96. The summed E-state index contributed by atoms with van der Waals surface area (Å²) in [4.78, 5) is 0. The van der Waals surface area contributed by atoms with Crippen LogP contribution in [0.5, 0.6) is 11.5 Å². The zero-order valence-electron chi connectivity index (χ0n) is 16.0. The minimum atomic E-state index is 0.493. The number of hydrogen-bond donors (Lipinski definition) is 1. The highest BCUT2D eigenvalue weighted by molar-refractivity contribution is 5.43. The average molecular weight is 343 g/mol. The molecule has 0 unspecified atom stereocenters. The second-order valence-corrected chi connectivity index (χ2v) is 6.43. The Balaban J connectivity index is 1.91. The molecule has 0 atom stereocenters. The Bertz CT molecular complexity index is 735. The van der Waals surface area contributed by atoms with E-state index >= 15 is 0 Å². The van der Waals surface area contributed by atoms with Gasteiger partial charge < -0.3 is 14.8 Å². The van der Waals surface area contributed by atoms with Gasteiger partial charge in [0.25, 0.3) is 0 Å². The molecule has 0 amide bonds. The molecule has 5 heteroatoms. The first-order valence-electron chi connectivity index (χ1n) is 8.56. The van der Waals surface area contributed by atoms with Crippen LogP contribution in [-0.2, 0) is 20.0 Å². The van der Waals surface area contributed by atoms with E-state index in [9.17, 15) is 0 Å². The van der Waals surface area contributed by atoms with Crippen molar-refractivity contribution in [2.24, 2.45) is 7.05 Å². The molecule has 0 radical (unpaired) electrons. The van der Waals surface area contributed by atoms with Crippen LogP contribution < -0.4 is 14.8 Å². The monoisotopic (exact) mass is 343 g/mol. The lowest BCUT2D eigenvalue weighted by Crippen LogP contribution is -2.17. The first-order valence-corrected chi connectivity index (χ1v) is 8.56. The van der Waals surface area contributed by atoms with E-state index < -0.39 is 0 Å². The number of benzene rings is 1. The smallest absolute Gasteiger partial charge is 0.161 e. The molecule has 25 heavy (non-hydrogen) atoms. The van der Waals surface area contributed by atoms with Crippen molar-refractivity contribution in [1.29, 1.82) is 0 Å². The molecule has 0 aliphatic heterocycles. The van der Waals surface area contributed by atoms with Gasteiger partial charge in [0.2, 0.25) is 0 Å². The first kappa shape index (κ1) is 19.1. The second kappa shape index (κ2) is 8.72. The Labute approximate surface area is 150 Å². The molecule has 2 aromatic rings. The molecule has 2 rings (SSSR count). The number of ether oxygens (including phenoxy) is 2. The van der Waals surface area contributed by atoms with E-state index in [1.54, 1.807) is 7.11 Å². The number of hydrogen-bond acceptors (Lipinski definition) is 4. The van der Waals surface area contributed by atoms with Crippen LogP contribution in [0.25, 0.3) is 0 Å². The van der Waals surface area contributed by atoms with Crippen molar-refractivity contribution >= 4 is 0 Å². The topological polar surface area (TPSA) is 48.3 Å². The van der Waals surface area contributed by atoms with Crippen LogP contribution in [0.3, 0.4) is 0 Å². The minimum Gasteiger partial charge on any atom is -0.493 e. The van der Waals surface area contributed by atoms with Gasteiger partial charge >= 0.3 is 0 Å². The molecular weight excluding hydrogens is 314 g/mol. The highest BCUT2D eigenvalue weighted by Crippen LogP contribution is 2.28. The van der Waals surface area contributed by atoms with Crippen LogP contribution in [0.4, 0.5) is 0 Å². The van der Waals surface area contributed by atoms with E-state index in [-0.39, 0.29) is 0 Å². The summed E-state index contributed by atoms with van der Waals surface area (Å²) < 4.78 is 13.1. The number of aryl methyl sites for hydroxylation is 2. The lowest BCUT2D eigenvalue weighted by atomic mass is 10.1. The molecule has 1 aromatic carbocycles. The third kappa shape index (κ3) is 5.10. The Morgan fingerprint density at radius 3 is 2.64 bits per heavy atom. The second-order valence-electron chi connectivity index (χ2n) is 6.43. The first-order chi connectivity index (χ1) is 11.9. The molecule has 5 nitrogen and oxygen atoms in total. The molecule has 0 saturated heterocycles.